The Kier molecular flexibility index (Phi) is 4.97. The van der Waals surface area contributed by atoms with E-state index in [9.17, 15) is 4.79 Å². The van der Waals surface area contributed by atoms with E-state index in [2.05, 4.69) is 31.2 Å². The Morgan fingerprint density at radius 2 is 1.79 bits per heavy atom. The molecule has 2 rings (SSSR count). The van der Waals surface area contributed by atoms with E-state index in [1.54, 1.807) is 0 Å². The smallest absolute Gasteiger partial charge is 0.225 e. The molecule has 1 fully saturated rings. The molecule has 0 N–H and O–H groups in total. The molecule has 104 valence electrons. The van der Waals surface area contributed by atoms with E-state index in [1.807, 2.05) is 11.9 Å². The molecule has 0 unspecified atom stereocenters. The third kappa shape index (κ3) is 3.80. The number of amides is 1. The first kappa shape index (κ1) is 14.1. The van der Waals surface area contributed by atoms with Gasteiger partial charge in [-0.25, -0.2) is 0 Å². The van der Waals surface area contributed by atoms with Crippen LogP contribution in [0.4, 0.5) is 0 Å². The molecule has 1 aliphatic rings. The molecular formula is C16H23NO2. The number of hydrogen-bond donors (Lipinski definition) is 0. The number of aryl methyl sites for hydroxylation is 1. The van der Waals surface area contributed by atoms with Crippen molar-refractivity contribution in [2.24, 2.45) is 5.92 Å². The summed E-state index contributed by atoms with van der Waals surface area (Å²) in [5.41, 5.74) is 2.53. The fraction of sp³-hybridized carbons (Fsp3) is 0.562. The second-order valence-electron chi connectivity index (χ2n) is 5.25. The first-order valence-electron chi connectivity index (χ1n) is 7.11. The van der Waals surface area contributed by atoms with Crippen LogP contribution in [0.5, 0.6) is 0 Å². The third-order valence-electron chi connectivity index (χ3n) is 3.80. The van der Waals surface area contributed by atoms with Gasteiger partial charge in [0.2, 0.25) is 5.91 Å². The number of nitrogens with zero attached hydrogens (tertiary/aromatic N) is 1. The molecule has 19 heavy (non-hydrogen) atoms. The lowest BCUT2D eigenvalue weighted by Crippen LogP contribution is -2.35. The zero-order chi connectivity index (χ0) is 13.7. The van der Waals surface area contributed by atoms with E-state index in [1.165, 1.54) is 11.1 Å². The average molecular weight is 261 g/mol. The summed E-state index contributed by atoms with van der Waals surface area (Å²) in [6.07, 6.45) is 2.77. The van der Waals surface area contributed by atoms with Gasteiger partial charge in [0.1, 0.15) is 0 Å². The third-order valence-corrected chi connectivity index (χ3v) is 3.80. The molecule has 0 atom stereocenters. The molecule has 3 heteroatoms. The highest BCUT2D eigenvalue weighted by atomic mass is 16.5. The second-order valence-corrected chi connectivity index (χ2v) is 5.25. The Morgan fingerprint density at radius 3 is 2.37 bits per heavy atom. The minimum Gasteiger partial charge on any atom is -0.381 e. The first-order valence-corrected chi connectivity index (χ1v) is 7.11. The van der Waals surface area contributed by atoms with Crippen molar-refractivity contribution >= 4 is 5.91 Å². The molecule has 0 aromatic heterocycles. The van der Waals surface area contributed by atoms with E-state index >= 15 is 0 Å². The monoisotopic (exact) mass is 261 g/mol. The van der Waals surface area contributed by atoms with Crippen LogP contribution in [-0.4, -0.2) is 31.1 Å². The average Bonchev–Trinajstić information content (AvgIpc) is 2.48. The van der Waals surface area contributed by atoms with Gasteiger partial charge in [0, 0.05) is 32.7 Å². The van der Waals surface area contributed by atoms with E-state index in [0.717, 1.165) is 32.5 Å². The van der Waals surface area contributed by atoms with Crippen LogP contribution in [0, 0.1) is 5.92 Å². The number of carbonyl (C=O) groups is 1. The van der Waals surface area contributed by atoms with Crippen molar-refractivity contribution in [2.75, 3.05) is 20.3 Å². The normalized spacial score (nSPS) is 16.3. The molecule has 0 saturated carbocycles. The highest BCUT2D eigenvalue weighted by Gasteiger charge is 2.24. The van der Waals surface area contributed by atoms with E-state index < -0.39 is 0 Å². The molecule has 1 amide bonds. The van der Waals surface area contributed by atoms with Crippen molar-refractivity contribution in [2.45, 2.75) is 32.7 Å². The van der Waals surface area contributed by atoms with Crippen molar-refractivity contribution in [3.05, 3.63) is 35.4 Å². The predicted molar refractivity (Wildman–Crippen MR) is 75.8 cm³/mol. The summed E-state index contributed by atoms with van der Waals surface area (Å²) in [6.45, 7) is 4.28. The summed E-state index contributed by atoms with van der Waals surface area (Å²) in [5, 5.41) is 0. The Morgan fingerprint density at radius 1 is 1.21 bits per heavy atom. The summed E-state index contributed by atoms with van der Waals surface area (Å²) in [7, 11) is 1.89. The molecule has 0 bridgehead atoms. The Bertz CT molecular complexity index is 407. The van der Waals surface area contributed by atoms with Gasteiger partial charge in [0.05, 0.1) is 0 Å². The van der Waals surface area contributed by atoms with E-state index in [-0.39, 0.29) is 11.8 Å². The van der Waals surface area contributed by atoms with Gasteiger partial charge in [-0.15, -0.1) is 0 Å². The number of carbonyl (C=O) groups excluding carboxylic acids is 1. The molecule has 0 radical (unpaired) electrons. The van der Waals surface area contributed by atoms with Crippen LogP contribution >= 0.6 is 0 Å². The van der Waals surface area contributed by atoms with Crippen molar-refractivity contribution in [1.82, 2.24) is 4.90 Å². The lowest BCUT2D eigenvalue weighted by atomic mass is 9.98. The van der Waals surface area contributed by atoms with Crippen molar-refractivity contribution in [3.63, 3.8) is 0 Å². The van der Waals surface area contributed by atoms with E-state index in [0.29, 0.717) is 6.54 Å². The molecule has 0 aliphatic carbocycles. The highest BCUT2D eigenvalue weighted by Crippen LogP contribution is 2.18. The van der Waals surface area contributed by atoms with Gasteiger partial charge in [-0.2, -0.15) is 0 Å². The topological polar surface area (TPSA) is 29.5 Å². The Hall–Kier alpha value is -1.35. The Labute approximate surface area is 115 Å². The summed E-state index contributed by atoms with van der Waals surface area (Å²) < 4.78 is 5.30. The minimum absolute atomic E-state index is 0.147. The molecule has 1 saturated heterocycles. The van der Waals surface area contributed by atoms with Crippen LogP contribution in [-0.2, 0) is 22.5 Å². The maximum Gasteiger partial charge on any atom is 0.225 e. The van der Waals surface area contributed by atoms with Gasteiger partial charge < -0.3 is 9.64 Å². The molecule has 1 aromatic rings. The SMILES string of the molecule is CCc1ccc(CN(C)C(=O)C2CCOCC2)cc1. The van der Waals surface area contributed by atoms with Gasteiger partial charge in [0.25, 0.3) is 0 Å². The molecule has 1 heterocycles. The van der Waals surface area contributed by atoms with E-state index in [4.69, 9.17) is 4.74 Å². The minimum atomic E-state index is 0.147. The highest BCUT2D eigenvalue weighted by molar-refractivity contribution is 5.78. The molecule has 3 nitrogen and oxygen atoms in total. The van der Waals surface area contributed by atoms with Crippen LogP contribution in [0.1, 0.15) is 30.9 Å². The van der Waals surface area contributed by atoms with Crippen LogP contribution in [0.25, 0.3) is 0 Å². The summed E-state index contributed by atoms with van der Waals surface area (Å²) in [5.74, 6) is 0.400. The number of benzene rings is 1. The molecule has 0 spiro atoms. The van der Waals surface area contributed by atoms with Crippen LogP contribution in [0.15, 0.2) is 24.3 Å². The second kappa shape index (κ2) is 6.71. The fourth-order valence-electron chi connectivity index (χ4n) is 2.49. The number of hydrogen-bond acceptors (Lipinski definition) is 2. The maximum absolute atomic E-state index is 12.3. The van der Waals surface area contributed by atoms with Crippen molar-refractivity contribution in [1.29, 1.82) is 0 Å². The molecule has 1 aliphatic heterocycles. The van der Waals surface area contributed by atoms with Crippen molar-refractivity contribution in [3.8, 4) is 0 Å². The largest absolute Gasteiger partial charge is 0.381 e. The van der Waals surface area contributed by atoms with Crippen molar-refractivity contribution < 1.29 is 9.53 Å². The van der Waals surface area contributed by atoms with Crippen LogP contribution in [0.2, 0.25) is 0 Å². The molecular weight excluding hydrogens is 238 g/mol. The first-order chi connectivity index (χ1) is 9.20. The lowest BCUT2D eigenvalue weighted by molar-refractivity contribution is -0.137. The van der Waals surface area contributed by atoms with Gasteiger partial charge >= 0.3 is 0 Å². The van der Waals surface area contributed by atoms with Gasteiger partial charge in [0.15, 0.2) is 0 Å². The van der Waals surface area contributed by atoms with Gasteiger partial charge in [-0.1, -0.05) is 31.2 Å². The van der Waals surface area contributed by atoms with Gasteiger partial charge in [-0.05, 0) is 30.4 Å². The summed E-state index contributed by atoms with van der Waals surface area (Å²) >= 11 is 0. The van der Waals surface area contributed by atoms with Crippen LogP contribution in [0.3, 0.4) is 0 Å². The quantitative estimate of drug-likeness (QED) is 0.834. The fourth-order valence-corrected chi connectivity index (χ4v) is 2.49. The Balaban J connectivity index is 1.91. The maximum atomic E-state index is 12.3. The summed E-state index contributed by atoms with van der Waals surface area (Å²) in [6, 6.07) is 8.52. The predicted octanol–water partition coefficient (Wildman–Crippen LogP) is 2.63. The van der Waals surface area contributed by atoms with Gasteiger partial charge in [-0.3, -0.25) is 4.79 Å². The van der Waals surface area contributed by atoms with Crippen LogP contribution < -0.4 is 0 Å². The molecule has 1 aromatic carbocycles. The lowest BCUT2D eigenvalue weighted by Gasteiger charge is -2.26. The zero-order valence-electron chi connectivity index (χ0n) is 11.9. The summed E-state index contributed by atoms with van der Waals surface area (Å²) in [4.78, 5) is 14.1. The number of rotatable bonds is 4. The number of ether oxygens (including phenoxy) is 1. The standard InChI is InChI=1S/C16H23NO2/c1-3-13-4-6-14(7-5-13)12-17(2)16(18)15-8-10-19-11-9-15/h4-7,15H,3,8-12H2,1-2H3. The zero-order valence-corrected chi connectivity index (χ0v) is 11.9.